The number of piperazine rings is 1. The third-order valence-electron chi connectivity index (χ3n) is 3.16. The molecule has 1 atom stereocenters. The molecule has 1 aliphatic rings. The Morgan fingerprint density at radius 2 is 1.75 bits per heavy atom. The molecule has 3 heteroatoms. The van der Waals surface area contributed by atoms with E-state index in [1.54, 1.807) is 0 Å². The van der Waals surface area contributed by atoms with E-state index in [0.717, 1.165) is 32.7 Å². The van der Waals surface area contributed by atoms with E-state index in [1.807, 2.05) is 0 Å². The fraction of sp³-hybridized carbons (Fsp3) is 0.538. The Morgan fingerprint density at radius 3 is 2.31 bits per heavy atom. The lowest BCUT2D eigenvalue weighted by molar-refractivity contribution is 0.121. The van der Waals surface area contributed by atoms with Crippen molar-refractivity contribution in [3.63, 3.8) is 0 Å². The lowest BCUT2D eigenvalue weighted by atomic mass is 10.2. The van der Waals surface area contributed by atoms with Gasteiger partial charge in [-0.25, -0.2) is 0 Å². The Kier molecular flexibility index (Phi) is 4.22. The standard InChI is InChI=1S/C13H19ClN2/c1-12(14)16-9-7-15(8-10-16)11-13-5-3-2-4-6-13/h2-6,12H,7-11H2,1H3. The van der Waals surface area contributed by atoms with E-state index in [2.05, 4.69) is 47.1 Å². The summed E-state index contributed by atoms with van der Waals surface area (Å²) in [6, 6.07) is 10.7. The molecule has 0 saturated carbocycles. The molecular formula is C13H19ClN2. The molecule has 0 bridgehead atoms. The second-order valence-corrected chi connectivity index (χ2v) is 5.00. The van der Waals surface area contributed by atoms with Gasteiger partial charge in [0.05, 0.1) is 5.50 Å². The fourth-order valence-electron chi connectivity index (χ4n) is 2.12. The molecule has 1 heterocycles. The molecule has 0 N–H and O–H groups in total. The molecule has 2 nitrogen and oxygen atoms in total. The Labute approximate surface area is 103 Å². The van der Waals surface area contributed by atoms with Crippen molar-refractivity contribution in [2.24, 2.45) is 0 Å². The van der Waals surface area contributed by atoms with Crippen LogP contribution < -0.4 is 0 Å². The van der Waals surface area contributed by atoms with Gasteiger partial charge in [-0.1, -0.05) is 30.3 Å². The van der Waals surface area contributed by atoms with Crippen LogP contribution in [0, 0.1) is 0 Å². The Balaban J connectivity index is 1.82. The summed E-state index contributed by atoms with van der Waals surface area (Å²) >= 11 is 6.07. The maximum Gasteiger partial charge on any atom is 0.0822 e. The predicted molar refractivity (Wildman–Crippen MR) is 68.6 cm³/mol. The first-order valence-electron chi connectivity index (χ1n) is 5.90. The quantitative estimate of drug-likeness (QED) is 0.590. The van der Waals surface area contributed by atoms with E-state index in [1.165, 1.54) is 5.56 Å². The van der Waals surface area contributed by atoms with E-state index in [-0.39, 0.29) is 5.50 Å². The molecule has 0 amide bonds. The zero-order valence-electron chi connectivity index (χ0n) is 9.77. The first-order valence-corrected chi connectivity index (χ1v) is 6.34. The number of benzene rings is 1. The van der Waals surface area contributed by atoms with E-state index in [9.17, 15) is 0 Å². The van der Waals surface area contributed by atoms with E-state index in [0.29, 0.717) is 0 Å². The third-order valence-corrected chi connectivity index (χ3v) is 3.44. The number of nitrogens with zero attached hydrogens (tertiary/aromatic N) is 2. The van der Waals surface area contributed by atoms with Gasteiger partial charge in [-0.2, -0.15) is 0 Å². The van der Waals surface area contributed by atoms with Crippen LogP contribution in [0.15, 0.2) is 30.3 Å². The molecule has 1 aliphatic heterocycles. The van der Waals surface area contributed by atoms with Crippen molar-refractivity contribution in [1.29, 1.82) is 0 Å². The van der Waals surface area contributed by atoms with Crippen molar-refractivity contribution in [1.82, 2.24) is 9.80 Å². The lowest BCUT2D eigenvalue weighted by Gasteiger charge is -2.36. The Morgan fingerprint density at radius 1 is 1.12 bits per heavy atom. The zero-order valence-corrected chi connectivity index (χ0v) is 10.5. The predicted octanol–water partition coefficient (Wildman–Crippen LogP) is 2.39. The maximum atomic E-state index is 6.07. The Hall–Kier alpha value is -0.570. The van der Waals surface area contributed by atoms with Crippen molar-refractivity contribution in [2.45, 2.75) is 19.0 Å². The molecule has 0 aromatic heterocycles. The summed E-state index contributed by atoms with van der Waals surface area (Å²) in [7, 11) is 0. The number of hydrogen-bond donors (Lipinski definition) is 0. The van der Waals surface area contributed by atoms with Crippen LogP contribution in [0.1, 0.15) is 12.5 Å². The van der Waals surface area contributed by atoms with Gasteiger partial charge in [-0.3, -0.25) is 9.80 Å². The van der Waals surface area contributed by atoms with Crippen LogP contribution in [0.4, 0.5) is 0 Å². The second-order valence-electron chi connectivity index (χ2n) is 4.37. The van der Waals surface area contributed by atoms with Crippen molar-refractivity contribution in [3.8, 4) is 0 Å². The van der Waals surface area contributed by atoms with E-state index >= 15 is 0 Å². The summed E-state index contributed by atoms with van der Waals surface area (Å²) in [5, 5.41) is 0. The molecule has 1 aromatic rings. The highest BCUT2D eigenvalue weighted by atomic mass is 35.5. The molecular weight excluding hydrogens is 220 g/mol. The molecule has 1 fully saturated rings. The molecule has 1 saturated heterocycles. The van der Waals surface area contributed by atoms with E-state index in [4.69, 9.17) is 11.6 Å². The first kappa shape index (κ1) is 11.9. The molecule has 16 heavy (non-hydrogen) atoms. The summed E-state index contributed by atoms with van der Waals surface area (Å²) in [6.07, 6.45) is 0. The Bertz CT molecular complexity index is 305. The number of rotatable bonds is 3. The number of halogens is 1. The summed E-state index contributed by atoms with van der Waals surface area (Å²) in [5.74, 6) is 0. The van der Waals surface area contributed by atoms with Crippen LogP contribution in [0.25, 0.3) is 0 Å². The van der Waals surface area contributed by atoms with Crippen LogP contribution in [0.3, 0.4) is 0 Å². The number of hydrogen-bond acceptors (Lipinski definition) is 2. The molecule has 88 valence electrons. The smallest absolute Gasteiger partial charge is 0.0822 e. The van der Waals surface area contributed by atoms with Gasteiger partial charge in [0.1, 0.15) is 0 Å². The van der Waals surface area contributed by atoms with Gasteiger partial charge >= 0.3 is 0 Å². The van der Waals surface area contributed by atoms with Gasteiger partial charge in [0, 0.05) is 32.7 Å². The van der Waals surface area contributed by atoms with Gasteiger partial charge < -0.3 is 0 Å². The average Bonchev–Trinajstić information content (AvgIpc) is 2.31. The van der Waals surface area contributed by atoms with Gasteiger partial charge in [-0.15, -0.1) is 11.6 Å². The van der Waals surface area contributed by atoms with Crippen LogP contribution in [-0.4, -0.2) is 41.5 Å². The summed E-state index contributed by atoms with van der Waals surface area (Å²) in [6.45, 7) is 7.51. The third kappa shape index (κ3) is 3.21. The van der Waals surface area contributed by atoms with Crippen LogP contribution >= 0.6 is 11.6 Å². The van der Waals surface area contributed by atoms with Crippen molar-refractivity contribution >= 4 is 11.6 Å². The number of alkyl halides is 1. The van der Waals surface area contributed by atoms with Gasteiger partial charge in [0.15, 0.2) is 0 Å². The lowest BCUT2D eigenvalue weighted by Crippen LogP contribution is -2.47. The van der Waals surface area contributed by atoms with Gasteiger partial charge in [0.2, 0.25) is 0 Å². The van der Waals surface area contributed by atoms with Crippen molar-refractivity contribution in [2.75, 3.05) is 26.2 Å². The van der Waals surface area contributed by atoms with Gasteiger partial charge in [-0.05, 0) is 12.5 Å². The summed E-state index contributed by atoms with van der Waals surface area (Å²) in [5.41, 5.74) is 1.56. The van der Waals surface area contributed by atoms with E-state index < -0.39 is 0 Å². The molecule has 0 radical (unpaired) electrons. The SMILES string of the molecule is CC(Cl)N1CCN(Cc2ccccc2)CC1. The molecule has 1 aromatic carbocycles. The highest BCUT2D eigenvalue weighted by Gasteiger charge is 2.19. The van der Waals surface area contributed by atoms with Crippen molar-refractivity contribution < 1.29 is 0 Å². The minimum atomic E-state index is 0.166. The highest BCUT2D eigenvalue weighted by molar-refractivity contribution is 6.20. The minimum absolute atomic E-state index is 0.166. The largest absolute Gasteiger partial charge is 0.297 e. The van der Waals surface area contributed by atoms with Crippen LogP contribution in [0.2, 0.25) is 0 Å². The molecule has 1 unspecified atom stereocenters. The van der Waals surface area contributed by atoms with Gasteiger partial charge in [0.25, 0.3) is 0 Å². The fourth-order valence-corrected chi connectivity index (χ4v) is 2.31. The maximum absolute atomic E-state index is 6.07. The highest BCUT2D eigenvalue weighted by Crippen LogP contribution is 2.11. The summed E-state index contributed by atoms with van der Waals surface area (Å²) in [4.78, 5) is 4.81. The average molecular weight is 239 g/mol. The van der Waals surface area contributed by atoms with Crippen LogP contribution in [0.5, 0.6) is 0 Å². The molecule has 0 spiro atoms. The van der Waals surface area contributed by atoms with Crippen LogP contribution in [-0.2, 0) is 6.54 Å². The normalized spacial score (nSPS) is 20.9. The zero-order chi connectivity index (χ0) is 11.4. The minimum Gasteiger partial charge on any atom is -0.297 e. The first-order chi connectivity index (χ1) is 7.75. The summed E-state index contributed by atoms with van der Waals surface area (Å²) < 4.78 is 0. The second kappa shape index (κ2) is 5.67. The molecule has 0 aliphatic carbocycles. The monoisotopic (exact) mass is 238 g/mol. The molecule has 2 rings (SSSR count). The topological polar surface area (TPSA) is 6.48 Å². The van der Waals surface area contributed by atoms with Crippen molar-refractivity contribution in [3.05, 3.63) is 35.9 Å².